The number of nitriles is 2. The first-order valence-corrected chi connectivity index (χ1v) is 13.7. The fraction of sp³-hybridized carbons (Fsp3) is 0.0278. The standard InChI is InChI=1S/C36H22N6/c37-20-23-6-5-7-25(16-23)26-18-35(41-32-11-4-2-9-28(32)30-17-24(21-38)12-13-33(30)41)40-36(19-26)42-31-10-3-1-8-27(31)29-14-15-39-22-34(29)42/h1-19,39H,22H2. The zero-order chi connectivity index (χ0) is 28.2. The van der Waals surface area contributed by atoms with E-state index in [1.54, 1.807) is 0 Å². The summed E-state index contributed by atoms with van der Waals surface area (Å²) in [5.41, 5.74) is 8.50. The molecule has 0 fully saturated rings. The normalized spacial score (nSPS) is 12.2. The van der Waals surface area contributed by atoms with Crippen LogP contribution in [0.5, 0.6) is 0 Å². The molecule has 6 heteroatoms. The van der Waals surface area contributed by atoms with Crippen molar-refractivity contribution in [1.82, 2.24) is 19.4 Å². The molecule has 0 unspecified atom stereocenters. The molecule has 0 aliphatic carbocycles. The molecule has 7 aromatic rings. The lowest BCUT2D eigenvalue weighted by molar-refractivity contribution is 0.793. The summed E-state index contributed by atoms with van der Waals surface area (Å²) in [6.45, 7) is 0.679. The van der Waals surface area contributed by atoms with Crippen LogP contribution < -0.4 is 5.32 Å². The first kappa shape index (κ1) is 23.7. The van der Waals surface area contributed by atoms with E-state index in [1.165, 1.54) is 10.9 Å². The van der Waals surface area contributed by atoms with Crippen LogP contribution in [-0.4, -0.2) is 14.1 Å². The molecule has 0 radical (unpaired) electrons. The second-order valence-corrected chi connectivity index (χ2v) is 10.4. The summed E-state index contributed by atoms with van der Waals surface area (Å²) in [4.78, 5) is 5.33. The van der Waals surface area contributed by atoms with Gasteiger partial charge in [-0.15, -0.1) is 0 Å². The lowest BCUT2D eigenvalue weighted by Gasteiger charge is -2.17. The van der Waals surface area contributed by atoms with Crippen LogP contribution in [0, 0.1) is 22.7 Å². The van der Waals surface area contributed by atoms with Gasteiger partial charge in [-0.25, -0.2) is 4.98 Å². The molecule has 8 rings (SSSR count). The molecule has 0 atom stereocenters. The number of benzene rings is 4. The number of nitrogens with zero attached hydrogens (tertiary/aromatic N) is 5. The van der Waals surface area contributed by atoms with Crippen molar-refractivity contribution in [1.29, 1.82) is 10.5 Å². The molecular formula is C36H22N6. The molecule has 42 heavy (non-hydrogen) atoms. The van der Waals surface area contributed by atoms with Gasteiger partial charge in [-0.3, -0.25) is 9.13 Å². The molecule has 1 aliphatic heterocycles. The fourth-order valence-electron chi connectivity index (χ4n) is 6.19. The average Bonchev–Trinajstić information content (AvgIpc) is 3.57. The smallest absolute Gasteiger partial charge is 0.140 e. The van der Waals surface area contributed by atoms with Crippen molar-refractivity contribution in [2.45, 2.75) is 6.54 Å². The van der Waals surface area contributed by atoms with Gasteiger partial charge >= 0.3 is 0 Å². The molecule has 0 amide bonds. The molecule has 1 aliphatic rings. The van der Waals surface area contributed by atoms with E-state index in [1.807, 2.05) is 60.8 Å². The first-order chi connectivity index (χ1) is 20.7. The van der Waals surface area contributed by atoms with E-state index in [0.29, 0.717) is 17.7 Å². The Labute approximate surface area is 241 Å². The number of nitrogens with one attached hydrogen (secondary N) is 1. The van der Waals surface area contributed by atoms with E-state index >= 15 is 0 Å². The largest absolute Gasteiger partial charge is 0.385 e. The number of fused-ring (bicyclic) bond motifs is 6. The Hall–Kier alpha value is -6.11. The second-order valence-electron chi connectivity index (χ2n) is 10.4. The molecule has 4 aromatic carbocycles. The Kier molecular flexibility index (Phi) is 5.22. The topological polar surface area (TPSA) is 82.4 Å². The summed E-state index contributed by atoms with van der Waals surface area (Å²) in [6, 6.07) is 38.9. The van der Waals surface area contributed by atoms with Crippen LogP contribution in [0.4, 0.5) is 0 Å². The summed E-state index contributed by atoms with van der Waals surface area (Å²) in [6.07, 6.45) is 4.12. The highest BCUT2D eigenvalue weighted by atomic mass is 15.1. The third-order valence-electron chi connectivity index (χ3n) is 8.04. The second kappa shape index (κ2) is 9.23. The van der Waals surface area contributed by atoms with Gasteiger partial charge < -0.3 is 5.32 Å². The summed E-state index contributed by atoms with van der Waals surface area (Å²) < 4.78 is 4.41. The minimum absolute atomic E-state index is 0.603. The van der Waals surface area contributed by atoms with Crippen LogP contribution in [0.15, 0.2) is 109 Å². The quantitative estimate of drug-likeness (QED) is 0.251. The molecule has 1 N–H and O–H groups in total. The fourth-order valence-corrected chi connectivity index (χ4v) is 6.19. The molecule has 196 valence electrons. The molecule has 6 nitrogen and oxygen atoms in total. The monoisotopic (exact) mass is 538 g/mol. The van der Waals surface area contributed by atoms with E-state index in [4.69, 9.17) is 4.98 Å². The van der Waals surface area contributed by atoms with Crippen molar-refractivity contribution in [3.05, 3.63) is 132 Å². The Balaban J connectivity index is 1.48. The molecule has 3 aromatic heterocycles. The third kappa shape index (κ3) is 3.53. The Bertz CT molecular complexity index is 2340. The van der Waals surface area contributed by atoms with E-state index in [-0.39, 0.29) is 0 Å². The number of rotatable bonds is 3. The predicted octanol–water partition coefficient (Wildman–Crippen LogP) is 7.61. The van der Waals surface area contributed by atoms with Crippen LogP contribution in [0.2, 0.25) is 0 Å². The Morgan fingerprint density at radius 1 is 0.619 bits per heavy atom. The van der Waals surface area contributed by atoms with Crippen LogP contribution >= 0.6 is 0 Å². The molecule has 0 spiro atoms. The minimum atomic E-state index is 0.603. The van der Waals surface area contributed by atoms with Crippen LogP contribution in [0.3, 0.4) is 0 Å². The van der Waals surface area contributed by atoms with Gasteiger partial charge in [0, 0.05) is 21.7 Å². The highest BCUT2D eigenvalue weighted by molar-refractivity contribution is 6.09. The molecule has 4 heterocycles. The van der Waals surface area contributed by atoms with Crippen LogP contribution in [0.1, 0.15) is 22.4 Å². The summed E-state index contributed by atoms with van der Waals surface area (Å²) >= 11 is 0. The maximum atomic E-state index is 9.64. The van der Waals surface area contributed by atoms with E-state index in [9.17, 15) is 10.5 Å². The number of hydrogen-bond acceptors (Lipinski definition) is 4. The maximum absolute atomic E-state index is 9.64. The van der Waals surface area contributed by atoms with Gasteiger partial charge in [-0.05, 0) is 78.0 Å². The van der Waals surface area contributed by atoms with E-state index < -0.39 is 0 Å². The zero-order valence-corrected chi connectivity index (χ0v) is 22.4. The Morgan fingerprint density at radius 3 is 2.12 bits per heavy atom. The first-order valence-electron chi connectivity index (χ1n) is 13.7. The van der Waals surface area contributed by atoms with Gasteiger partial charge in [-0.1, -0.05) is 48.5 Å². The van der Waals surface area contributed by atoms with Crippen molar-refractivity contribution >= 4 is 38.8 Å². The van der Waals surface area contributed by atoms with E-state index in [0.717, 1.165) is 55.8 Å². The SMILES string of the molecule is N#Cc1cccc(-c2cc(-n3c4c(c5ccccc53)C=CNC4)nc(-n3c4ccccc4c4cc(C#N)ccc43)c2)c1. The highest BCUT2D eigenvalue weighted by Gasteiger charge is 2.21. The van der Waals surface area contributed by atoms with Crippen molar-refractivity contribution in [2.75, 3.05) is 0 Å². The van der Waals surface area contributed by atoms with Gasteiger partial charge in [0.1, 0.15) is 11.6 Å². The maximum Gasteiger partial charge on any atom is 0.140 e. The number of para-hydroxylation sites is 2. The molecular weight excluding hydrogens is 516 g/mol. The van der Waals surface area contributed by atoms with Crippen LogP contribution in [0.25, 0.3) is 61.5 Å². The molecule has 0 saturated carbocycles. The van der Waals surface area contributed by atoms with Gasteiger partial charge in [0.15, 0.2) is 0 Å². The summed E-state index contributed by atoms with van der Waals surface area (Å²) in [5, 5.41) is 25.9. The van der Waals surface area contributed by atoms with Crippen molar-refractivity contribution in [2.24, 2.45) is 0 Å². The van der Waals surface area contributed by atoms with Gasteiger partial charge in [0.25, 0.3) is 0 Å². The highest BCUT2D eigenvalue weighted by Crippen LogP contribution is 2.36. The summed E-state index contributed by atoms with van der Waals surface area (Å²) in [7, 11) is 0. The third-order valence-corrected chi connectivity index (χ3v) is 8.04. The van der Waals surface area contributed by atoms with E-state index in [2.05, 4.69) is 81.2 Å². The number of pyridine rings is 1. The zero-order valence-electron chi connectivity index (χ0n) is 22.4. The summed E-state index contributed by atoms with van der Waals surface area (Å²) in [5.74, 6) is 1.55. The number of aromatic nitrogens is 3. The lowest BCUT2D eigenvalue weighted by Crippen LogP contribution is -2.15. The lowest BCUT2D eigenvalue weighted by atomic mass is 10.0. The predicted molar refractivity (Wildman–Crippen MR) is 166 cm³/mol. The Morgan fingerprint density at radius 2 is 1.31 bits per heavy atom. The number of hydrogen-bond donors (Lipinski definition) is 1. The van der Waals surface area contributed by atoms with Crippen molar-refractivity contribution in [3.8, 4) is 34.9 Å². The average molecular weight is 539 g/mol. The van der Waals surface area contributed by atoms with Gasteiger partial charge in [0.2, 0.25) is 0 Å². The van der Waals surface area contributed by atoms with Crippen molar-refractivity contribution in [3.63, 3.8) is 0 Å². The van der Waals surface area contributed by atoms with Crippen molar-refractivity contribution < 1.29 is 0 Å². The molecule has 0 saturated heterocycles. The van der Waals surface area contributed by atoms with Crippen LogP contribution in [-0.2, 0) is 6.54 Å². The minimum Gasteiger partial charge on any atom is -0.385 e. The van der Waals surface area contributed by atoms with Gasteiger partial charge in [0.05, 0.1) is 52.1 Å². The van der Waals surface area contributed by atoms with Gasteiger partial charge in [-0.2, -0.15) is 10.5 Å². The molecule has 0 bridgehead atoms.